The summed E-state index contributed by atoms with van der Waals surface area (Å²) in [4.78, 5) is 0. The second kappa shape index (κ2) is 6.78. The standard InChI is InChI=1S/C9H15F4N5O/c1-2-18-7(3-15-17-18)6(16-14)4-19-5-9(12,13)8(10)11/h3,6,8,16H,2,4-5,14H2,1H3. The number of aryl methyl sites for hydroxylation is 1. The summed E-state index contributed by atoms with van der Waals surface area (Å²) in [5.74, 6) is 1.08. The van der Waals surface area contributed by atoms with Crippen molar-refractivity contribution < 1.29 is 22.3 Å². The van der Waals surface area contributed by atoms with Gasteiger partial charge in [-0.2, -0.15) is 8.78 Å². The van der Waals surface area contributed by atoms with Gasteiger partial charge in [-0.3, -0.25) is 5.84 Å². The number of nitrogens with one attached hydrogen (secondary N) is 1. The van der Waals surface area contributed by atoms with E-state index >= 15 is 0 Å². The van der Waals surface area contributed by atoms with E-state index in [1.165, 1.54) is 10.9 Å². The molecule has 0 fully saturated rings. The van der Waals surface area contributed by atoms with Crippen LogP contribution in [0.3, 0.4) is 0 Å². The lowest BCUT2D eigenvalue weighted by Gasteiger charge is -2.19. The Hall–Kier alpha value is -1.26. The first-order valence-corrected chi connectivity index (χ1v) is 5.50. The Labute approximate surface area is 106 Å². The molecular formula is C9H15F4N5O. The maximum atomic E-state index is 12.6. The second-order valence-electron chi connectivity index (χ2n) is 3.77. The minimum atomic E-state index is -4.18. The lowest BCUT2D eigenvalue weighted by atomic mass is 10.2. The molecule has 0 aliphatic carbocycles. The van der Waals surface area contributed by atoms with Crippen LogP contribution in [0.2, 0.25) is 0 Å². The normalized spacial score (nSPS) is 14.1. The summed E-state index contributed by atoms with van der Waals surface area (Å²) in [6, 6.07) is -0.663. The van der Waals surface area contributed by atoms with Gasteiger partial charge in [-0.15, -0.1) is 5.10 Å². The minimum Gasteiger partial charge on any atom is -0.373 e. The molecule has 0 aliphatic heterocycles. The number of hydrogen-bond donors (Lipinski definition) is 2. The molecule has 1 rings (SSSR count). The molecule has 3 N–H and O–H groups in total. The average Bonchev–Trinajstić information content (AvgIpc) is 2.82. The predicted octanol–water partition coefficient (Wildman–Crippen LogP) is 0.719. The summed E-state index contributed by atoms with van der Waals surface area (Å²) in [6.07, 6.45) is -2.37. The number of nitrogens with two attached hydrogens (primary N) is 1. The lowest BCUT2D eigenvalue weighted by molar-refractivity contribution is -0.167. The van der Waals surface area contributed by atoms with E-state index in [1.807, 2.05) is 0 Å². The van der Waals surface area contributed by atoms with Crippen LogP contribution in [0.5, 0.6) is 0 Å². The zero-order valence-corrected chi connectivity index (χ0v) is 10.2. The van der Waals surface area contributed by atoms with Crippen LogP contribution < -0.4 is 11.3 Å². The van der Waals surface area contributed by atoms with Gasteiger partial charge in [0.15, 0.2) is 0 Å². The summed E-state index contributed by atoms with van der Waals surface area (Å²) in [7, 11) is 0. The summed E-state index contributed by atoms with van der Waals surface area (Å²) in [6.45, 7) is 0.626. The summed E-state index contributed by atoms with van der Waals surface area (Å²) >= 11 is 0. The molecule has 0 aromatic carbocycles. The predicted molar refractivity (Wildman–Crippen MR) is 57.5 cm³/mol. The molecule has 0 spiro atoms. The third-order valence-corrected chi connectivity index (χ3v) is 2.40. The first kappa shape index (κ1) is 15.8. The molecule has 1 heterocycles. The molecule has 0 saturated carbocycles. The monoisotopic (exact) mass is 285 g/mol. The molecule has 0 radical (unpaired) electrons. The van der Waals surface area contributed by atoms with Crippen LogP contribution in [-0.2, 0) is 11.3 Å². The van der Waals surface area contributed by atoms with Gasteiger partial charge in [0, 0.05) is 6.54 Å². The van der Waals surface area contributed by atoms with Gasteiger partial charge in [0.05, 0.1) is 24.5 Å². The topological polar surface area (TPSA) is 78.0 Å². The maximum absolute atomic E-state index is 12.6. The van der Waals surface area contributed by atoms with Crippen molar-refractivity contribution in [3.63, 3.8) is 0 Å². The molecule has 19 heavy (non-hydrogen) atoms. The highest BCUT2D eigenvalue weighted by Crippen LogP contribution is 2.23. The van der Waals surface area contributed by atoms with E-state index < -0.39 is 25.0 Å². The van der Waals surface area contributed by atoms with Crippen molar-refractivity contribution in [3.8, 4) is 0 Å². The van der Waals surface area contributed by atoms with Crippen LogP contribution in [0.25, 0.3) is 0 Å². The highest BCUT2D eigenvalue weighted by atomic mass is 19.3. The number of rotatable bonds is 8. The first-order valence-electron chi connectivity index (χ1n) is 5.50. The van der Waals surface area contributed by atoms with E-state index in [9.17, 15) is 17.6 Å². The number of nitrogens with zero attached hydrogens (tertiary/aromatic N) is 3. The van der Waals surface area contributed by atoms with E-state index in [0.717, 1.165) is 0 Å². The van der Waals surface area contributed by atoms with Gasteiger partial charge in [-0.1, -0.05) is 5.21 Å². The molecule has 1 aromatic heterocycles. The largest absolute Gasteiger partial charge is 0.373 e. The Morgan fingerprint density at radius 3 is 2.74 bits per heavy atom. The van der Waals surface area contributed by atoms with Crippen LogP contribution in [0.4, 0.5) is 17.6 Å². The van der Waals surface area contributed by atoms with Crippen LogP contribution >= 0.6 is 0 Å². The van der Waals surface area contributed by atoms with Gasteiger partial charge in [-0.25, -0.2) is 18.9 Å². The second-order valence-corrected chi connectivity index (χ2v) is 3.77. The fourth-order valence-corrected chi connectivity index (χ4v) is 1.38. The zero-order valence-electron chi connectivity index (χ0n) is 10.2. The van der Waals surface area contributed by atoms with E-state index in [2.05, 4.69) is 20.5 Å². The van der Waals surface area contributed by atoms with Crippen LogP contribution in [0.1, 0.15) is 18.7 Å². The number of hydrazine groups is 1. The smallest absolute Gasteiger partial charge is 0.330 e. The quantitative estimate of drug-likeness (QED) is 0.418. The third-order valence-electron chi connectivity index (χ3n) is 2.40. The molecule has 10 heteroatoms. The van der Waals surface area contributed by atoms with Crippen molar-refractivity contribution in [1.29, 1.82) is 0 Å². The Morgan fingerprint density at radius 2 is 2.21 bits per heavy atom. The summed E-state index contributed by atoms with van der Waals surface area (Å²) < 4.78 is 55.2. The number of hydrogen-bond acceptors (Lipinski definition) is 5. The van der Waals surface area contributed by atoms with Crippen molar-refractivity contribution in [3.05, 3.63) is 11.9 Å². The Morgan fingerprint density at radius 1 is 1.53 bits per heavy atom. The Balaban J connectivity index is 2.55. The van der Waals surface area contributed by atoms with Crippen LogP contribution in [-0.4, -0.2) is 40.6 Å². The van der Waals surface area contributed by atoms with E-state index in [0.29, 0.717) is 12.2 Å². The molecule has 0 saturated heterocycles. The minimum absolute atomic E-state index is 0.299. The Kier molecular flexibility index (Phi) is 5.63. The number of alkyl halides is 4. The van der Waals surface area contributed by atoms with Gasteiger partial charge in [0.2, 0.25) is 0 Å². The molecule has 1 unspecified atom stereocenters. The molecule has 1 atom stereocenters. The fourth-order valence-electron chi connectivity index (χ4n) is 1.38. The number of halogens is 4. The molecule has 110 valence electrons. The summed E-state index contributed by atoms with van der Waals surface area (Å²) in [5.41, 5.74) is 2.86. The van der Waals surface area contributed by atoms with Crippen molar-refractivity contribution in [2.75, 3.05) is 13.2 Å². The molecule has 1 aromatic rings. The highest BCUT2D eigenvalue weighted by molar-refractivity contribution is 5.01. The van der Waals surface area contributed by atoms with Crippen molar-refractivity contribution in [2.24, 2.45) is 5.84 Å². The van der Waals surface area contributed by atoms with Crippen LogP contribution in [0.15, 0.2) is 6.20 Å². The lowest BCUT2D eigenvalue weighted by Crippen LogP contribution is -2.37. The first-order chi connectivity index (χ1) is 8.92. The molecule has 0 aliphatic rings. The van der Waals surface area contributed by atoms with E-state index in [-0.39, 0.29) is 6.61 Å². The van der Waals surface area contributed by atoms with Gasteiger partial charge in [0.25, 0.3) is 0 Å². The highest BCUT2D eigenvalue weighted by Gasteiger charge is 2.41. The summed E-state index contributed by atoms with van der Waals surface area (Å²) in [5, 5.41) is 7.38. The van der Waals surface area contributed by atoms with Gasteiger partial charge >= 0.3 is 12.3 Å². The molecular weight excluding hydrogens is 270 g/mol. The van der Waals surface area contributed by atoms with Gasteiger partial charge in [0.1, 0.15) is 6.61 Å². The third kappa shape index (κ3) is 4.11. The van der Waals surface area contributed by atoms with Crippen molar-refractivity contribution in [1.82, 2.24) is 20.4 Å². The number of aromatic nitrogens is 3. The SMILES string of the molecule is CCn1nncc1C(COCC(F)(F)C(F)F)NN. The molecule has 0 amide bonds. The van der Waals surface area contributed by atoms with Crippen LogP contribution in [0, 0.1) is 0 Å². The van der Waals surface area contributed by atoms with Gasteiger partial charge in [-0.05, 0) is 6.92 Å². The van der Waals surface area contributed by atoms with E-state index in [1.54, 1.807) is 6.92 Å². The average molecular weight is 285 g/mol. The molecule has 0 bridgehead atoms. The molecule has 6 nitrogen and oxygen atoms in total. The fraction of sp³-hybridized carbons (Fsp3) is 0.778. The van der Waals surface area contributed by atoms with Crippen molar-refractivity contribution >= 4 is 0 Å². The zero-order chi connectivity index (χ0) is 14.5. The number of ether oxygens (including phenoxy) is 1. The van der Waals surface area contributed by atoms with E-state index in [4.69, 9.17) is 5.84 Å². The Bertz CT molecular complexity index is 386. The van der Waals surface area contributed by atoms with Crippen molar-refractivity contribution in [2.45, 2.75) is 31.9 Å². The van der Waals surface area contributed by atoms with Gasteiger partial charge < -0.3 is 4.74 Å². The maximum Gasteiger partial charge on any atom is 0.330 e.